The molecule has 0 amide bonds. The zero-order chi connectivity index (χ0) is 12.1. The van der Waals surface area contributed by atoms with E-state index in [4.69, 9.17) is 16.3 Å². The molecule has 0 aliphatic carbocycles. The van der Waals surface area contributed by atoms with Gasteiger partial charge in [-0.1, -0.05) is 19.1 Å². The second-order valence-electron chi connectivity index (χ2n) is 3.76. The van der Waals surface area contributed by atoms with Crippen LogP contribution in [0.4, 0.5) is 0 Å². The van der Waals surface area contributed by atoms with Crippen molar-refractivity contribution in [3.8, 4) is 11.5 Å². The van der Waals surface area contributed by atoms with Gasteiger partial charge in [-0.05, 0) is 35.7 Å². The second kappa shape index (κ2) is 5.69. The van der Waals surface area contributed by atoms with Crippen molar-refractivity contribution in [2.75, 3.05) is 0 Å². The van der Waals surface area contributed by atoms with Crippen molar-refractivity contribution in [2.24, 2.45) is 0 Å². The number of pyridine rings is 1. The van der Waals surface area contributed by atoms with Crippen LogP contribution in [0, 0.1) is 0 Å². The third-order valence-electron chi connectivity index (χ3n) is 2.49. The van der Waals surface area contributed by atoms with Crippen LogP contribution in [0.5, 0.6) is 11.5 Å². The van der Waals surface area contributed by atoms with Gasteiger partial charge in [-0.15, -0.1) is 11.6 Å². The molecule has 0 unspecified atom stereocenters. The normalized spacial score (nSPS) is 10.2. The molecule has 0 bridgehead atoms. The molecule has 1 aromatic carbocycles. The lowest BCUT2D eigenvalue weighted by molar-refractivity contribution is 0.479. The first-order chi connectivity index (χ1) is 8.31. The second-order valence-corrected chi connectivity index (χ2v) is 4.03. The highest BCUT2D eigenvalue weighted by molar-refractivity contribution is 6.17. The monoisotopic (exact) mass is 247 g/mol. The summed E-state index contributed by atoms with van der Waals surface area (Å²) in [5.74, 6) is 1.97. The molecule has 3 heteroatoms. The summed E-state index contributed by atoms with van der Waals surface area (Å²) in [6.07, 6.45) is 4.45. The third-order valence-corrected chi connectivity index (χ3v) is 2.80. The summed E-state index contributed by atoms with van der Waals surface area (Å²) in [6.45, 7) is 2.13. The van der Waals surface area contributed by atoms with E-state index in [9.17, 15) is 0 Å². The van der Waals surface area contributed by atoms with Crippen LogP contribution in [-0.2, 0) is 12.3 Å². The van der Waals surface area contributed by atoms with Gasteiger partial charge in [0.2, 0.25) is 0 Å². The van der Waals surface area contributed by atoms with Crippen molar-refractivity contribution < 1.29 is 4.74 Å². The van der Waals surface area contributed by atoms with E-state index in [-0.39, 0.29) is 0 Å². The van der Waals surface area contributed by atoms with Crippen LogP contribution >= 0.6 is 11.6 Å². The minimum absolute atomic E-state index is 0.443. The van der Waals surface area contributed by atoms with Crippen LogP contribution in [0.3, 0.4) is 0 Å². The molecule has 0 atom stereocenters. The summed E-state index contributed by atoms with van der Waals surface area (Å²) >= 11 is 5.75. The first kappa shape index (κ1) is 11.9. The van der Waals surface area contributed by atoms with E-state index >= 15 is 0 Å². The number of alkyl halides is 1. The van der Waals surface area contributed by atoms with Crippen molar-refractivity contribution in [1.29, 1.82) is 0 Å². The van der Waals surface area contributed by atoms with Gasteiger partial charge in [0.05, 0.1) is 6.20 Å². The van der Waals surface area contributed by atoms with Gasteiger partial charge in [0.25, 0.3) is 0 Å². The first-order valence-corrected chi connectivity index (χ1v) is 6.12. The lowest BCUT2D eigenvalue weighted by atomic mass is 10.2. The van der Waals surface area contributed by atoms with Gasteiger partial charge in [0.1, 0.15) is 11.5 Å². The Balaban J connectivity index is 2.13. The van der Waals surface area contributed by atoms with Crippen LogP contribution in [0.1, 0.15) is 18.1 Å². The van der Waals surface area contributed by atoms with Gasteiger partial charge in [0, 0.05) is 12.1 Å². The summed E-state index contributed by atoms with van der Waals surface area (Å²) in [6, 6.07) is 9.95. The summed E-state index contributed by atoms with van der Waals surface area (Å²) in [5.41, 5.74) is 2.25. The van der Waals surface area contributed by atoms with E-state index in [1.807, 2.05) is 18.2 Å². The standard InChI is InChI=1S/C14H14ClNO/c1-2-11-3-5-13(6-4-11)17-14-7-12(8-15)9-16-10-14/h3-7,9-10H,2,8H2,1H3. The molecule has 0 saturated carbocycles. The van der Waals surface area contributed by atoms with E-state index in [0.29, 0.717) is 11.6 Å². The van der Waals surface area contributed by atoms with Crippen LogP contribution < -0.4 is 4.74 Å². The minimum atomic E-state index is 0.443. The molecule has 17 heavy (non-hydrogen) atoms. The SMILES string of the molecule is CCc1ccc(Oc2cncc(CCl)c2)cc1. The molecule has 88 valence electrons. The average Bonchev–Trinajstić information content (AvgIpc) is 2.40. The van der Waals surface area contributed by atoms with Crippen molar-refractivity contribution in [3.63, 3.8) is 0 Å². The fraction of sp³-hybridized carbons (Fsp3) is 0.214. The number of aromatic nitrogens is 1. The summed E-state index contributed by atoms with van der Waals surface area (Å²) in [4.78, 5) is 4.08. The van der Waals surface area contributed by atoms with Crippen molar-refractivity contribution in [3.05, 3.63) is 53.9 Å². The van der Waals surface area contributed by atoms with Gasteiger partial charge >= 0.3 is 0 Å². The highest BCUT2D eigenvalue weighted by Crippen LogP contribution is 2.22. The van der Waals surface area contributed by atoms with Crippen LogP contribution in [0.2, 0.25) is 0 Å². The summed E-state index contributed by atoms with van der Waals surface area (Å²) in [7, 11) is 0. The lowest BCUT2D eigenvalue weighted by Crippen LogP contribution is -1.88. The number of benzene rings is 1. The van der Waals surface area contributed by atoms with Gasteiger partial charge in [-0.2, -0.15) is 0 Å². The molecule has 0 aliphatic rings. The largest absolute Gasteiger partial charge is 0.456 e. The van der Waals surface area contributed by atoms with E-state index in [1.165, 1.54) is 5.56 Å². The predicted octanol–water partition coefficient (Wildman–Crippen LogP) is 4.18. The first-order valence-electron chi connectivity index (χ1n) is 5.58. The zero-order valence-electron chi connectivity index (χ0n) is 9.69. The number of hydrogen-bond donors (Lipinski definition) is 0. The predicted molar refractivity (Wildman–Crippen MR) is 69.7 cm³/mol. The third kappa shape index (κ3) is 3.21. The van der Waals surface area contributed by atoms with E-state index in [1.54, 1.807) is 12.4 Å². The molecule has 0 spiro atoms. The Labute approximate surface area is 106 Å². The molecule has 0 fully saturated rings. The van der Waals surface area contributed by atoms with Gasteiger partial charge in [0.15, 0.2) is 0 Å². The molecule has 2 aromatic rings. The number of hydrogen-bond acceptors (Lipinski definition) is 2. The Morgan fingerprint density at radius 3 is 2.47 bits per heavy atom. The molecule has 0 N–H and O–H groups in total. The molecule has 1 heterocycles. The maximum atomic E-state index is 5.75. The van der Waals surface area contributed by atoms with Crippen LogP contribution in [0.25, 0.3) is 0 Å². The molecular formula is C14H14ClNO. The highest BCUT2D eigenvalue weighted by atomic mass is 35.5. The molecule has 0 aliphatic heterocycles. The number of rotatable bonds is 4. The molecule has 2 rings (SSSR count). The number of ether oxygens (including phenoxy) is 1. The Kier molecular flexibility index (Phi) is 3.99. The molecule has 0 saturated heterocycles. The molecule has 0 radical (unpaired) electrons. The fourth-order valence-electron chi connectivity index (χ4n) is 1.52. The van der Waals surface area contributed by atoms with Crippen molar-refractivity contribution in [1.82, 2.24) is 4.98 Å². The minimum Gasteiger partial charge on any atom is -0.456 e. The smallest absolute Gasteiger partial charge is 0.146 e. The summed E-state index contributed by atoms with van der Waals surface area (Å²) in [5, 5.41) is 0. The van der Waals surface area contributed by atoms with E-state index in [0.717, 1.165) is 17.7 Å². The summed E-state index contributed by atoms with van der Waals surface area (Å²) < 4.78 is 5.70. The quantitative estimate of drug-likeness (QED) is 0.757. The molecular weight excluding hydrogens is 234 g/mol. The van der Waals surface area contributed by atoms with E-state index < -0.39 is 0 Å². The van der Waals surface area contributed by atoms with Gasteiger partial charge in [-0.25, -0.2) is 0 Å². The number of nitrogens with zero attached hydrogens (tertiary/aromatic N) is 1. The maximum absolute atomic E-state index is 5.75. The van der Waals surface area contributed by atoms with Crippen molar-refractivity contribution >= 4 is 11.6 Å². The Bertz CT molecular complexity index is 482. The van der Waals surface area contributed by atoms with Gasteiger partial charge < -0.3 is 4.74 Å². The number of halogens is 1. The molecule has 2 nitrogen and oxygen atoms in total. The van der Waals surface area contributed by atoms with E-state index in [2.05, 4.69) is 24.0 Å². The highest BCUT2D eigenvalue weighted by Gasteiger charge is 1.99. The van der Waals surface area contributed by atoms with Crippen LogP contribution in [-0.4, -0.2) is 4.98 Å². The maximum Gasteiger partial charge on any atom is 0.146 e. The lowest BCUT2D eigenvalue weighted by Gasteiger charge is -2.06. The topological polar surface area (TPSA) is 22.1 Å². The fourth-order valence-corrected chi connectivity index (χ4v) is 1.67. The zero-order valence-corrected chi connectivity index (χ0v) is 10.4. The average molecular weight is 248 g/mol. The van der Waals surface area contributed by atoms with Gasteiger partial charge in [-0.3, -0.25) is 4.98 Å². The number of aryl methyl sites for hydroxylation is 1. The Hall–Kier alpha value is -1.54. The Morgan fingerprint density at radius 2 is 1.82 bits per heavy atom. The van der Waals surface area contributed by atoms with Crippen LogP contribution in [0.15, 0.2) is 42.7 Å². The Morgan fingerprint density at radius 1 is 1.06 bits per heavy atom. The molecule has 1 aromatic heterocycles. The van der Waals surface area contributed by atoms with Crippen molar-refractivity contribution in [2.45, 2.75) is 19.2 Å².